The van der Waals surface area contributed by atoms with E-state index in [4.69, 9.17) is 0 Å². The largest absolute Gasteiger partial charge is 0.479 e. The average molecular weight is 241 g/mol. The molecule has 2 unspecified atom stereocenters. The topological polar surface area (TPSA) is 66.4 Å². The zero-order chi connectivity index (χ0) is 13.3. The van der Waals surface area contributed by atoms with Gasteiger partial charge in [-0.15, -0.1) is 0 Å². The van der Waals surface area contributed by atoms with Gasteiger partial charge in [0, 0.05) is 5.41 Å². The third kappa shape index (κ3) is 2.79. The number of carbonyl (C=O) groups is 2. The normalized spacial score (nSPS) is 29.8. The minimum absolute atomic E-state index is 0.0138. The predicted octanol–water partition coefficient (Wildman–Crippen LogP) is 2.18. The summed E-state index contributed by atoms with van der Waals surface area (Å²) < 4.78 is 0. The molecule has 0 aliphatic heterocycles. The smallest absolute Gasteiger partial charge is 0.329 e. The van der Waals surface area contributed by atoms with Crippen LogP contribution in [0.4, 0.5) is 0 Å². The highest BCUT2D eigenvalue weighted by Gasteiger charge is 2.47. The van der Waals surface area contributed by atoms with Crippen molar-refractivity contribution in [3.8, 4) is 0 Å². The molecule has 1 aliphatic carbocycles. The van der Waals surface area contributed by atoms with Gasteiger partial charge in [-0.05, 0) is 18.8 Å². The Labute approximate surface area is 103 Å². The lowest BCUT2D eigenvalue weighted by Gasteiger charge is -2.41. The van der Waals surface area contributed by atoms with E-state index in [0.29, 0.717) is 6.42 Å². The van der Waals surface area contributed by atoms with Gasteiger partial charge in [-0.1, -0.05) is 40.5 Å². The summed E-state index contributed by atoms with van der Waals surface area (Å²) >= 11 is 0. The molecule has 0 saturated heterocycles. The zero-order valence-electron chi connectivity index (χ0n) is 11.2. The number of aliphatic carboxylic acids is 1. The first-order valence-electron chi connectivity index (χ1n) is 6.26. The summed E-state index contributed by atoms with van der Waals surface area (Å²) in [6, 6.07) is 0. The minimum Gasteiger partial charge on any atom is -0.479 e. The van der Waals surface area contributed by atoms with Gasteiger partial charge in [-0.2, -0.15) is 0 Å². The number of hydrogen-bond donors (Lipinski definition) is 2. The van der Waals surface area contributed by atoms with Crippen LogP contribution in [0.2, 0.25) is 0 Å². The van der Waals surface area contributed by atoms with Gasteiger partial charge in [-0.3, -0.25) is 4.79 Å². The van der Waals surface area contributed by atoms with Crippen LogP contribution in [0.15, 0.2) is 0 Å². The van der Waals surface area contributed by atoms with Crippen molar-refractivity contribution < 1.29 is 14.7 Å². The van der Waals surface area contributed by atoms with Crippen LogP contribution in [0.1, 0.15) is 53.4 Å². The first-order valence-corrected chi connectivity index (χ1v) is 6.26. The third-order valence-corrected chi connectivity index (χ3v) is 3.70. The molecule has 0 aromatic carbocycles. The molecule has 98 valence electrons. The molecule has 2 N–H and O–H groups in total. The van der Waals surface area contributed by atoms with Crippen molar-refractivity contribution in [1.82, 2.24) is 5.32 Å². The molecule has 1 rings (SSSR count). The standard InChI is InChI=1S/C13H23NO3/c1-9-7-5-6-8-13(9,11(16)17)14-10(15)12(2,3)4/h9H,5-8H2,1-4H3,(H,14,15)(H,16,17). The highest BCUT2D eigenvalue weighted by Crippen LogP contribution is 2.34. The number of rotatable bonds is 2. The van der Waals surface area contributed by atoms with E-state index in [9.17, 15) is 14.7 Å². The molecule has 0 heterocycles. The Kier molecular flexibility index (Phi) is 3.84. The fraction of sp³-hybridized carbons (Fsp3) is 0.846. The summed E-state index contributed by atoms with van der Waals surface area (Å²) in [6.45, 7) is 7.30. The average Bonchev–Trinajstić information content (AvgIpc) is 2.19. The minimum atomic E-state index is -1.07. The molecule has 0 spiro atoms. The van der Waals surface area contributed by atoms with E-state index in [2.05, 4.69) is 5.32 Å². The van der Waals surface area contributed by atoms with Crippen LogP contribution in [-0.2, 0) is 9.59 Å². The van der Waals surface area contributed by atoms with Crippen LogP contribution < -0.4 is 5.32 Å². The zero-order valence-corrected chi connectivity index (χ0v) is 11.2. The van der Waals surface area contributed by atoms with Crippen molar-refractivity contribution in [3.63, 3.8) is 0 Å². The van der Waals surface area contributed by atoms with Crippen LogP contribution in [0.3, 0.4) is 0 Å². The van der Waals surface area contributed by atoms with E-state index in [1.807, 2.05) is 6.92 Å². The number of carbonyl (C=O) groups excluding carboxylic acids is 1. The molecule has 1 saturated carbocycles. The van der Waals surface area contributed by atoms with E-state index in [1.54, 1.807) is 20.8 Å². The molecule has 1 amide bonds. The highest BCUT2D eigenvalue weighted by molar-refractivity contribution is 5.89. The summed E-state index contributed by atoms with van der Waals surface area (Å²) in [4.78, 5) is 23.5. The maximum Gasteiger partial charge on any atom is 0.329 e. The Balaban J connectivity index is 2.93. The fourth-order valence-electron chi connectivity index (χ4n) is 2.29. The number of hydrogen-bond acceptors (Lipinski definition) is 2. The van der Waals surface area contributed by atoms with Crippen molar-refractivity contribution in [2.45, 2.75) is 58.9 Å². The van der Waals surface area contributed by atoms with Gasteiger partial charge in [-0.25, -0.2) is 4.79 Å². The van der Waals surface area contributed by atoms with Crippen molar-refractivity contribution in [3.05, 3.63) is 0 Å². The number of nitrogens with one attached hydrogen (secondary N) is 1. The lowest BCUT2D eigenvalue weighted by atomic mass is 9.73. The lowest BCUT2D eigenvalue weighted by Crippen LogP contribution is -2.61. The summed E-state index contributed by atoms with van der Waals surface area (Å²) in [7, 11) is 0. The maximum absolute atomic E-state index is 12.0. The molecule has 4 heteroatoms. The third-order valence-electron chi connectivity index (χ3n) is 3.70. The summed E-state index contributed by atoms with van der Waals surface area (Å²) in [5, 5.41) is 12.2. The number of carboxylic acids is 1. The van der Waals surface area contributed by atoms with E-state index in [0.717, 1.165) is 19.3 Å². The SMILES string of the molecule is CC1CCCCC1(NC(=O)C(C)(C)C)C(=O)O. The molecule has 17 heavy (non-hydrogen) atoms. The van der Waals surface area contributed by atoms with Gasteiger partial charge < -0.3 is 10.4 Å². The van der Waals surface area contributed by atoms with E-state index in [1.165, 1.54) is 0 Å². The molecular formula is C13H23NO3. The van der Waals surface area contributed by atoms with Gasteiger partial charge in [0.25, 0.3) is 0 Å². The van der Waals surface area contributed by atoms with Crippen molar-refractivity contribution in [2.24, 2.45) is 11.3 Å². The monoisotopic (exact) mass is 241 g/mol. The Bertz CT molecular complexity index is 319. The van der Waals surface area contributed by atoms with E-state index in [-0.39, 0.29) is 11.8 Å². The number of carboxylic acid groups (broad SMARTS) is 1. The summed E-state index contributed by atoms with van der Waals surface area (Å²) in [6.07, 6.45) is 3.30. The van der Waals surface area contributed by atoms with Crippen LogP contribution in [-0.4, -0.2) is 22.5 Å². The van der Waals surface area contributed by atoms with Crippen molar-refractivity contribution in [2.75, 3.05) is 0 Å². The van der Waals surface area contributed by atoms with Crippen LogP contribution in [0.25, 0.3) is 0 Å². The first kappa shape index (κ1) is 14.0. The second kappa shape index (κ2) is 4.67. The predicted molar refractivity (Wildman–Crippen MR) is 65.6 cm³/mol. The van der Waals surface area contributed by atoms with Gasteiger partial charge in [0.1, 0.15) is 5.54 Å². The molecule has 4 nitrogen and oxygen atoms in total. The fourth-order valence-corrected chi connectivity index (χ4v) is 2.29. The van der Waals surface area contributed by atoms with Crippen LogP contribution >= 0.6 is 0 Å². The molecule has 2 atom stereocenters. The van der Waals surface area contributed by atoms with Gasteiger partial charge in [0.15, 0.2) is 0 Å². The maximum atomic E-state index is 12.0. The van der Waals surface area contributed by atoms with Gasteiger partial charge >= 0.3 is 5.97 Å². The quantitative estimate of drug-likeness (QED) is 0.778. The molecule has 0 bridgehead atoms. The Hall–Kier alpha value is -1.06. The van der Waals surface area contributed by atoms with Crippen molar-refractivity contribution >= 4 is 11.9 Å². The summed E-state index contributed by atoms with van der Waals surface area (Å²) in [5.74, 6) is -1.10. The Morgan fingerprint density at radius 1 is 1.29 bits per heavy atom. The number of amides is 1. The van der Waals surface area contributed by atoms with Gasteiger partial charge in [0.05, 0.1) is 0 Å². The lowest BCUT2D eigenvalue weighted by molar-refractivity contribution is -0.153. The molecule has 1 aliphatic rings. The molecule has 1 fully saturated rings. The molecule has 0 radical (unpaired) electrons. The van der Waals surface area contributed by atoms with Crippen LogP contribution in [0.5, 0.6) is 0 Å². The first-order chi connectivity index (χ1) is 7.70. The van der Waals surface area contributed by atoms with Crippen LogP contribution in [0, 0.1) is 11.3 Å². The Morgan fingerprint density at radius 2 is 1.88 bits per heavy atom. The molecule has 0 aromatic heterocycles. The second-order valence-electron chi connectivity index (χ2n) is 6.13. The van der Waals surface area contributed by atoms with E-state index < -0.39 is 16.9 Å². The second-order valence-corrected chi connectivity index (χ2v) is 6.13. The van der Waals surface area contributed by atoms with Gasteiger partial charge in [0.2, 0.25) is 5.91 Å². The molecule has 0 aromatic rings. The van der Waals surface area contributed by atoms with E-state index >= 15 is 0 Å². The van der Waals surface area contributed by atoms with Crippen molar-refractivity contribution in [1.29, 1.82) is 0 Å². The summed E-state index contributed by atoms with van der Waals surface area (Å²) in [5.41, 5.74) is -1.62. The highest BCUT2D eigenvalue weighted by atomic mass is 16.4. The Morgan fingerprint density at radius 3 is 2.29 bits per heavy atom. The molecular weight excluding hydrogens is 218 g/mol.